The molecule has 0 saturated carbocycles. The van der Waals surface area contributed by atoms with E-state index in [4.69, 9.17) is 5.73 Å². The highest BCUT2D eigenvalue weighted by atomic mass is 19.4. The van der Waals surface area contributed by atoms with Crippen LogP contribution in [0.2, 0.25) is 0 Å². The van der Waals surface area contributed by atoms with Crippen molar-refractivity contribution in [1.29, 1.82) is 0 Å². The summed E-state index contributed by atoms with van der Waals surface area (Å²) in [7, 11) is 0. The van der Waals surface area contributed by atoms with Crippen molar-refractivity contribution in [3.63, 3.8) is 0 Å². The molecule has 0 bridgehead atoms. The molecule has 2 N–H and O–H groups in total. The minimum Gasteiger partial charge on any atom is -0.368 e. The van der Waals surface area contributed by atoms with Crippen molar-refractivity contribution in [2.45, 2.75) is 30.9 Å². The number of anilines is 1. The molecule has 1 aromatic carbocycles. The monoisotopic (exact) mass is 369 g/mol. The molecular formula is C17H18F3N3O3. The number of nitrogens with zero attached hydrogens (tertiary/aromatic N) is 2. The second-order valence-corrected chi connectivity index (χ2v) is 6.64. The first-order chi connectivity index (χ1) is 12.1. The van der Waals surface area contributed by atoms with Crippen molar-refractivity contribution in [1.82, 2.24) is 4.90 Å². The molecule has 1 spiro atoms. The minimum atomic E-state index is -4.40. The van der Waals surface area contributed by atoms with Gasteiger partial charge >= 0.3 is 6.18 Å². The number of para-hydroxylation sites is 1. The van der Waals surface area contributed by atoms with Crippen LogP contribution in [-0.4, -0.2) is 48.4 Å². The van der Waals surface area contributed by atoms with Crippen LogP contribution in [0.4, 0.5) is 18.9 Å². The van der Waals surface area contributed by atoms with Gasteiger partial charge in [0.15, 0.2) is 0 Å². The Hall–Kier alpha value is -2.58. The van der Waals surface area contributed by atoms with Crippen LogP contribution in [0.15, 0.2) is 24.3 Å². The van der Waals surface area contributed by atoms with Crippen LogP contribution in [0, 0.1) is 0 Å². The summed E-state index contributed by atoms with van der Waals surface area (Å²) in [5.74, 6) is -1.64. The predicted octanol–water partition coefficient (Wildman–Crippen LogP) is 1.33. The summed E-state index contributed by atoms with van der Waals surface area (Å²) in [6.07, 6.45) is -5.93. The smallest absolute Gasteiger partial charge is 0.368 e. The molecule has 0 radical (unpaired) electrons. The Balaban J connectivity index is 1.83. The molecular weight excluding hydrogens is 351 g/mol. The lowest BCUT2D eigenvalue weighted by molar-refractivity contribution is -0.148. The normalized spacial score (nSPS) is 22.2. The number of fused-ring (bicyclic) bond motifs is 2. The van der Waals surface area contributed by atoms with Crippen LogP contribution in [0.25, 0.3) is 0 Å². The Morgan fingerprint density at radius 2 is 1.92 bits per heavy atom. The zero-order valence-electron chi connectivity index (χ0n) is 13.9. The molecule has 140 valence electrons. The third kappa shape index (κ3) is 3.13. The first-order valence-corrected chi connectivity index (χ1v) is 8.18. The van der Waals surface area contributed by atoms with E-state index in [1.807, 2.05) is 0 Å². The van der Waals surface area contributed by atoms with Crippen molar-refractivity contribution >= 4 is 23.4 Å². The van der Waals surface area contributed by atoms with E-state index in [1.165, 1.54) is 9.80 Å². The van der Waals surface area contributed by atoms with Crippen LogP contribution in [-0.2, 0) is 19.8 Å². The molecule has 0 aliphatic carbocycles. The maximum atomic E-state index is 13.0. The molecule has 3 amide bonds. The number of carbonyl (C=O) groups excluding carboxylic acids is 3. The number of alkyl halides is 3. The number of nitrogens with two attached hydrogens (primary N) is 1. The second kappa shape index (κ2) is 6.30. The van der Waals surface area contributed by atoms with E-state index in [1.54, 1.807) is 24.3 Å². The summed E-state index contributed by atoms with van der Waals surface area (Å²) < 4.78 is 37.1. The number of benzene rings is 1. The predicted molar refractivity (Wildman–Crippen MR) is 86.2 cm³/mol. The number of likely N-dealkylation sites (tertiary alicyclic amines) is 1. The van der Waals surface area contributed by atoms with Gasteiger partial charge in [0, 0.05) is 25.2 Å². The maximum absolute atomic E-state index is 13.0. The Kier molecular flexibility index (Phi) is 4.41. The fourth-order valence-electron chi connectivity index (χ4n) is 3.73. The summed E-state index contributed by atoms with van der Waals surface area (Å²) in [6, 6.07) is 6.91. The molecule has 1 aromatic rings. The molecule has 2 aliphatic rings. The van der Waals surface area contributed by atoms with E-state index in [2.05, 4.69) is 0 Å². The fraction of sp³-hybridized carbons (Fsp3) is 0.471. The van der Waals surface area contributed by atoms with Crippen LogP contribution < -0.4 is 10.6 Å². The van der Waals surface area contributed by atoms with Gasteiger partial charge in [0.25, 0.3) is 0 Å². The van der Waals surface area contributed by atoms with Crippen molar-refractivity contribution in [2.75, 3.05) is 24.5 Å². The highest BCUT2D eigenvalue weighted by Gasteiger charge is 2.55. The van der Waals surface area contributed by atoms with Crippen molar-refractivity contribution in [3.05, 3.63) is 29.8 Å². The number of rotatable bonds is 4. The SMILES string of the molecule is NC(=O)CN1C(=O)[C@@]2(CCN(C(=O)CCC(F)(F)F)C2)c2ccccc21. The van der Waals surface area contributed by atoms with Crippen LogP contribution in [0.5, 0.6) is 0 Å². The van der Waals surface area contributed by atoms with Crippen LogP contribution in [0.1, 0.15) is 24.8 Å². The van der Waals surface area contributed by atoms with Gasteiger partial charge in [0.05, 0.1) is 11.8 Å². The van der Waals surface area contributed by atoms with E-state index in [-0.39, 0.29) is 25.5 Å². The molecule has 1 saturated heterocycles. The lowest BCUT2D eigenvalue weighted by Gasteiger charge is -2.24. The average Bonchev–Trinajstić information content (AvgIpc) is 3.10. The molecule has 1 atom stereocenters. The van der Waals surface area contributed by atoms with E-state index in [0.29, 0.717) is 17.7 Å². The highest BCUT2D eigenvalue weighted by Crippen LogP contribution is 2.47. The summed E-state index contributed by atoms with van der Waals surface area (Å²) in [6.45, 7) is -0.0738. The minimum absolute atomic E-state index is 0.00873. The lowest BCUT2D eigenvalue weighted by atomic mass is 9.81. The number of primary amides is 1. The molecule has 0 aromatic heterocycles. The third-order valence-electron chi connectivity index (χ3n) is 4.92. The lowest BCUT2D eigenvalue weighted by Crippen LogP contribution is -2.45. The zero-order chi connectivity index (χ0) is 19.1. The Morgan fingerprint density at radius 1 is 1.23 bits per heavy atom. The Labute approximate surface area is 147 Å². The molecule has 2 heterocycles. The first kappa shape index (κ1) is 18.2. The second-order valence-electron chi connectivity index (χ2n) is 6.64. The molecule has 6 nitrogen and oxygen atoms in total. The quantitative estimate of drug-likeness (QED) is 0.869. The average molecular weight is 369 g/mol. The number of halogens is 3. The Morgan fingerprint density at radius 3 is 2.58 bits per heavy atom. The van der Waals surface area contributed by atoms with Crippen LogP contribution >= 0.6 is 0 Å². The van der Waals surface area contributed by atoms with E-state index >= 15 is 0 Å². The van der Waals surface area contributed by atoms with E-state index in [0.717, 1.165) is 0 Å². The standard InChI is InChI=1S/C17H18F3N3O3/c18-17(19,20)6-5-14(25)22-8-7-16(10-22)11-3-1-2-4-12(11)23(15(16)26)9-13(21)24/h1-4H,5-10H2,(H2,21,24)/t16-/m1/s1. The number of hydrogen-bond donors (Lipinski definition) is 1. The van der Waals surface area contributed by atoms with Crippen molar-refractivity contribution < 1.29 is 27.6 Å². The number of carbonyl (C=O) groups is 3. The van der Waals surface area contributed by atoms with Gasteiger partial charge in [-0.2, -0.15) is 13.2 Å². The van der Waals surface area contributed by atoms with E-state index < -0.39 is 36.2 Å². The number of amides is 3. The molecule has 0 unspecified atom stereocenters. The topological polar surface area (TPSA) is 83.7 Å². The fourth-order valence-corrected chi connectivity index (χ4v) is 3.73. The highest BCUT2D eigenvalue weighted by molar-refractivity contribution is 6.11. The van der Waals surface area contributed by atoms with Gasteiger partial charge in [-0.1, -0.05) is 18.2 Å². The molecule has 1 fully saturated rings. The van der Waals surface area contributed by atoms with Gasteiger partial charge in [-0.15, -0.1) is 0 Å². The molecule has 3 rings (SSSR count). The zero-order valence-corrected chi connectivity index (χ0v) is 13.9. The Bertz CT molecular complexity index is 765. The van der Waals surface area contributed by atoms with Gasteiger partial charge in [-0.25, -0.2) is 0 Å². The molecule has 26 heavy (non-hydrogen) atoms. The summed E-state index contributed by atoms with van der Waals surface area (Å²) in [5, 5.41) is 0. The number of hydrogen-bond acceptors (Lipinski definition) is 3. The maximum Gasteiger partial charge on any atom is 0.389 e. The summed E-state index contributed by atoms with van der Waals surface area (Å²) in [4.78, 5) is 39.1. The van der Waals surface area contributed by atoms with E-state index in [9.17, 15) is 27.6 Å². The van der Waals surface area contributed by atoms with Gasteiger partial charge in [-0.3, -0.25) is 14.4 Å². The van der Waals surface area contributed by atoms with Crippen LogP contribution in [0.3, 0.4) is 0 Å². The van der Waals surface area contributed by atoms with Crippen molar-refractivity contribution in [2.24, 2.45) is 5.73 Å². The molecule has 9 heteroatoms. The summed E-state index contributed by atoms with van der Waals surface area (Å²) in [5.41, 5.74) is 5.44. The van der Waals surface area contributed by atoms with Crippen molar-refractivity contribution in [3.8, 4) is 0 Å². The third-order valence-corrected chi connectivity index (χ3v) is 4.92. The molecule has 2 aliphatic heterocycles. The largest absolute Gasteiger partial charge is 0.389 e. The first-order valence-electron chi connectivity index (χ1n) is 8.18. The van der Waals surface area contributed by atoms with Gasteiger partial charge < -0.3 is 15.5 Å². The van der Waals surface area contributed by atoms with Gasteiger partial charge in [-0.05, 0) is 18.1 Å². The van der Waals surface area contributed by atoms with Gasteiger partial charge in [0.1, 0.15) is 6.54 Å². The van der Waals surface area contributed by atoms with Gasteiger partial charge in [0.2, 0.25) is 17.7 Å². The summed E-state index contributed by atoms with van der Waals surface area (Å²) >= 11 is 0.